The van der Waals surface area contributed by atoms with Crippen LogP contribution in [-0.4, -0.2) is 31.4 Å². The summed E-state index contributed by atoms with van der Waals surface area (Å²) in [6, 6.07) is 1.99. The van der Waals surface area contributed by atoms with Gasteiger partial charge in [0.15, 0.2) is 0 Å². The van der Waals surface area contributed by atoms with E-state index >= 15 is 0 Å². The van der Waals surface area contributed by atoms with Crippen molar-refractivity contribution < 1.29 is 27.6 Å². The Balaban J connectivity index is 2.46. The highest BCUT2D eigenvalue weighted by Gasteiger charge is 2.55. The average Bonchev–Trinajstić information content (AvgIpc) is 2.64. The monoisotopic (exact) mass is 360 g/mol. The van der Waals surface area contributed by atoms with E-state index in [1.807, 2.05) is 27.7 Å². The molecule has 0 aromatic heterocycles. The van der Waals surface area contributed by atoms with E-state index in [1.54, 1.807) is 0 Å². The summed E-state index contributed by atoms with van der Waals surface area (Å²) in [5, 5.41) is -0.0699. The van der Waals surface area contributed by atoms with Crippen LogP contribution in [0.25, 0.3) is 0 Å². The number of rotatable bonds is 4. The molecule has 4 nitrogen and oxygen atoms in total. The van der Waals surface area contributed by atoms with Crippen LogP contribution in [0.5, 0.6) is 0 Å². The molecule has 2 rings (SSSR count). The molecule has 1 aliphatic heterocycles. The van der Waals surface area contributed by atoms with Crippen molar-refractivity contribution in [1.82, 2.24) is 0 Å². The van der Waals surface area contributed by atoms with Crippen LogP contribution in [0.3, 0.4) is 0 Å². The highest BCUT2D eigenvalue weighted by atomic mass is 35.5. The molecule has 132 valence electrons. The summed E-state index contributed by atoms with van der Waals surface area (Å²) in [4.78, 5) is 11.8. The number of carbonyl (C=O) groups is 1. The number of hydrogen-bond donors (Lipinski definition) is 0. The molecule has 1 fully saturated rings. The molecule has 8 heteroatoms. The standard InChI is InChI=1S/C16H20BClF2O4/c1-15(2)16(3,4)24-17(23-15)10(8-13(21)22-5)14-11(19)6-9(18)7-12(14)20/h6-7,10H,8H2,1-5H3. The third kappa shape index (κ3) is 3.58. The van der Waals surface area contributed by atoms with Gasteiger partial charge in [-0.2, -0.15) is 0 Å². The van der Waals surface area contributed by atoms with E-state index in [0.717, 1.165) is 12.1 Å². The minimum Gasteiger partial charge on any atom is -0.469 e. The Labute approximate surface area is 145 Å². The largest absolute Gasteiger partial charge is 0.469 e. The van der Waals surface area contributed by atoms with Gasteiger partial charge < -0.3 is 14.0 Å². The fraction of sp³-hybridized carbons (Fsp3) is 0.562. The van der Waals surface area contributed by atoms with E-state index in [4.69, 9.17) is 20.9 Å². The second-order valence-corrected chi connectivity index (χ2v) is 7.23. The predicted molar refractivity (Wildman–Crippen MR) is 86.8 cm³/mol. The summed E-state index contributed by atoms with van der Waals surface area (Å²) in [7, 11) is 0.206. The van der Waals surface area contributed by atoms with E-state index in [2.05, 4.69) is 4.74 Å². The number of hydrogen-bond acceptors (Lipinski definition) is 4. The molecule has 1 aromatic carbocycles. The molecule has 1 unspecified atom stereocenters. The van der Waals surface area contributed by atoms with E-state index in [9.17, 15) is 13.6 Å². The molecule has 0 spiro atoms. The van der Waals surface area contributed by atoms with Crippen LogP contribution >= 0.6 is 11.6 Å². The minimum atomic E-state index is -1.00. The molecule has 0 N–H and O–H groups in total. The van der Waals surface area contributed by atoms with E-state index in [-0.39, 0.29) is 17.0 Å². The zero-order valence-corrected chi connectivity index (χ0v) is 15.0. The molecular weight excluding hydrogens is 340 g/mol. The van der Waals surface area contributed by atoms with Gasteiger partial charge in [-0.1, -0.05) is 11.6 Å². The molecule has 0 bridgehead atoms. The van der Waals surface area contributed by atoms with Crippen LogP contribution in [0, 0.1) is 11.6 Å². The van der Waals surface area contributed by atoms with Gasteiger partial charge in [-0.15, -0.1) is 0 Å². The summed E-state index contributed by atoms with van der Waals surface area (Å²) < 4.78 is 45.1. The molecule has 1 saturated heterocycles. The number of methoxy groups -OCH3 is 1. The van der Waals surface area contributed by atoms with Gasteiger partial charge in [-0.25, -0.2) is 8.78 Å². The fourth-order valence-electron chi connectivity index (χ4n) is 2.56. The molecule has 1 aromatic rings. The van der Waals surface area contributed by atoms with Crippen LogP contribution < -0.4 is 0 Å². The third-order valence-corrected chi connectivity index (χ3v) is 4.85. The van der Waals surface area contributed by atoms with Crippen LogP contribution in [0.4, 0.5) is 8.78 Å². The van der Waals surface area contributed by atoms with Gasteiger partial charge in [-0.05, 0) is 39.8 Å². The lowest BCUT2D eigenvalue weighted by molar-refractivity contribution is -0.140. The van der Waals surface area contributed by atoms with Gasteiger partial charge in [-0.3, -0.25) is 4.79 Å². The fourth-order valence-corrected chi connectivity index (χ4v) is 2.75. The summed E-state index contributed by atoms with van der Waals surface area (Å²) >= 11 is 5.68. The van der Waals surface area contributed by atoms with Crippen LogP contribution in [0.15, 0.2) is 12.1 Å². The smallest absolute Gasteiger partial charge is 0.466 e. The normalized spacial score (nSPS) is 20.1. The molecular formula is C16H20BClF2O4. The number of benzene rings is 1. The van der Waals surface area contributed by atoms with E-state index < -0.39 is 41.7 Å². The van der Waals surface area contributed by atoms with Gasteiger partial charge >= 0.3 is 13.1 Å². The Bertz CT molecular complexity index is 612. The van der Waals surface area contributed by atoms with Gasteiger partial charge in [0.2, 0.25) is 0 Å². The van der Waals surface area contributed by atoms with Crippen LogP contribution in [0.1, 0.15) is 45.5 Å². The molecule has 24 heavy (non-hydrogen) atoms. The number of esters is 1. The summed E-state index contributed by atoms with van der Waals surface area (Å²) in [5.41, 5.74) is -1.71. The van der Waals surface area contributed by atoms with Crippen molar-refractivity contribution in [3.8, 4) is 0 Å². The van der Waals surface area contributed by atoms with E-state index in [1.165, 1.54) is 7.11 Å². The summed E-state index contributed by atoms with van der Waals surface area (Å²) in [5.74, 6) is -3.34. The number of carbonyl (C=O) groups excluding carboxylic acids is 1. The maximum Gasteiger partial charge on any atom is 0.466 e. The van der Waals surface area contributed by atoms with Crippen molar-refractivity contribution in [2.45, 2.75) is 51.1 Å². The SMILES string of the molecule is COC(=O)CC(B1OC(C)(C)C(C)(C)O1)c1c(F)cc(Cl)cc1F. The van der Waals surface area contributed by atoms with Gasteiger partial charge in [0.25, 0.3) is 0 Å². The Kier molecular flexibility index (Phi) is 5.28. The average molecular weight is 361 g/mol. The predicted octanol–water partition coefficient (Wildman–Crippen LogP) is 3.90. The van der Waals surface area contributed by atoms with Crippen molar-refractivity contribution in [1.29, 1.82) is 0 Å². The zero-order chi connectivity index (χ0) is 18.3. The van der Waals surface area contributed by atoms with Gasteiger partial charge in [0, 0.05) is 16.4 Å². The van der Waals surface area contributed by atoms with Crippen molar-refractivity contribution in [3.63, 3.8) is 0 Å². The Morgan fingerprint density at radius 1 is 1.21 bits per heavy atom. The molecule has 0 radical (unpaired) electrons. The Morgan fingerprint density at radius 3 is 2.08 bits per heavy atom. The first kappa shape index (κ1) is 19.2. The first-order valence-electron chi connectivity index (χ1n) is 7.55. The third-order valence-electron chi connectivity index (χ3n) is 4.63. The quantitative estimate of drug-likeness (QED) is 0.603. The molecule has 0 saturated carbocycles. The first-order chi connectivity index (χ1) is 11.0. The highest BCUT2D eigenvalue weighted by Crippen LogP contribution is 2.43. The topological polar surface area (TPSA) is 44.8 Å². The molecule has 0 aliphatic carbocycles. The van der Waals surface area contributed by atoms with Crippen LogP contribution in [-0.2, 0) is 18.8 Å². The number of halogens is 3. The van der Waals surface area contributed by atoms with Crippen molar-refractivity contribution in [3.05, 3.63) is 34.4 Å². The van der Waals surface area contributed by atoms with Crippen LogP contribution in [0.2, 0.25) is 5.02 Å². The Hall–Kier alpha value is -1.18. The maximum absolute atomic E-state index is 14.4. The molecule has 1 aliphatic rings. The lowest BCUT2D eigenvalue weighted by Crippen LogP contribution is -2.41. The second kappa shape index (κ2) is 6.62. The maximum atomic E-state index is 14.4. The minimum absolute atomic E-state index is 0.0699. The molecule has 1 heterocycles. The highest BCUT2D eigenvalue weighted by molar-refractivity contribution is 6.48. The second-order valence-electron chi connectivity index (χ2n) is 6.79. The van der Waals surface area contributed by atoms with Crippen molar-refractivity contribution in [2.75, 3.05) is 7.11 Å². The Morgan fingerprint density at radius 2 is 1.67 bits per heavy atom. The summed E-state index contributed by atoms with van der Waals surface area (Å²) in [6.07, 6.45) is -0.289. The summed E-state index contributed by atoms with van der Waals surface area (Å²) in [6.45, 7) is 7.26. The number of ether oxygens (including phenoxy) is 1. The van der Waals surface area contributed by atoms with Crippen molar-refractivity contribution >= 4 is 24.7 Å². The van der Waals surface area contributed by atoms with Crippen molar-refractivity contribution in [2.24, 2.45) is 0 Å². The first-order valence-corrected chi connectivity index (χ1v) is 7.93. The van der Waals surface area contributed by atoms with Gasteiger partial charge in [0.1, 0.15) is 11.6 Å². The molecule has 1 atom stereocenters. The lowest BCUT2D eigenvalue weighted by Gasteiger charge is -2.32. The lowest BCUT2D eigenvalue weighted by atomic mass is 9.66. The molecule has 0 amide bonds. The zero-order valence-electron chi connectivity index (χ0n) is 14.3. The van der Waals surface area contributed by atoms with E-state index in [0.29, 0.717) is 0 Å². The van der Waals surface area contributed by atoms with Gasteiger partial charge in [0.05, 0.1) is 24.7 Å².